The van der Waals surface area contributed by atoms with Crippen molar-refractivity contribution in [3.05, 3.63) is 57.6 Å². The Balaban J connectivity index is 2.06. The molecule has 6 heteroatoms. The van der Waals surface area contributed by atoms with Crippen LogP contribution in [0.3, 0.4) is 0 Å². The van der Waals surface area contributed by atoms with Gasteiger partial charge in [-0.15, -0.1) is 0 Å². The van der Waals surface area contributed by atoms with Crippen LogP contribution in [-0.2, 0) is 44.1 Å². The summed E-state index contributed by atoms with van der Waals surface area (Å²) in [5.74, 6) is -2.89. The topological polar surface area (TPSA) is 121 Å². The number of carbonyl (C=O) groups excluding carboxylic acids is 2. The molecule has 0 bridgehead atoms. The summed E-state index contributed by atoms with van der Waals surface area (Å²) >= 11 is 0. The predicted molar refractivity (Wildman–Crippen MR) is 183 cm³/mol. The van der Waals surface area contributed by atoms with Gasteiger partial charge >= 0.3 is 0 Å². The number of carboxylic acid groups (broad SMARTS) is 2. The molecule has 2 unspecified atom stereocenters. The Morgan fingerprint density at radius 1 is 0.522 bits per heavy atom. The van der Waals surface area contributed by atoms with Crippen LogP contribution >= 0.6 is 0 Å². The Hall–Kier alpha value is -3.02. The molecule has 46 heavy (non-hydrogen) atoms. The molecule has 2 rings (SSSR count). The number of hydrogen-bond acceptors (Lipinski definition) is 6. The average molecular weight is 637 g/mol. The van der Waals surface area contributed by atoms with Crippen LogP contribution in [0.25, 0.3) is 0 Å². The van der Waals surface area contributed by atoms with Gasteiger partial charge in [-0.25, -0.2) is 0 Å². The molecule has 0 radical (unpaired) electrons. The molecule has 0 aromatic heterocycles. The number of carboxylic acids is 2. The number of rotatable bonds is 13. The van der Waals surface area contributed by atoms with Crippen LogP contribution in [0.15, 0.2) is 24.3 Å². The maximum atomic E-state index is 12.1. The first kappa shape index (κ1) is 39.2. The molecule has 0 fully saturated rings. The summed E-state index contributed by atoms with van der Waals surface area (Å²) in [4.78, 5) is 24.3. The summed E-state index contributed by atoms with van der Waals surface area (Å²) in [7, 11) is 0. The van der Waals surface area contributed by atoms with Gasteiger partial charge < -0.3 is 30.0 Å². The van der Waals surface area contributed by atoms with E-state index in [1.165, 1.54) is 0 Å². The summed E-state index contributed by atoms with van der Waals surface area (Å²) in [6.07, 6.45) is 4.60. The smallest absolute Gasteiger partial charge is 0.123 e. The zero-order valence-electron chi connectivity index (χ0n) is 30.6. The molecule has 2 atom stereocenters. The van der Waals surface area contributed by atoms with Crippen molar-refractivity contribution in [3.8, 4) is 11.5 Å². The van der Waals surface area contributed by atoms with Gasteiger partial charge in [-0.3, -0.25) is 0 Å². The zero-order valence-corrected chi connectivity index (χ0v) is 30.6. The lowest BCUT2D eigenvalue weighted by atomic mass is 9.77. The molecule has 0 spiro atoms. The first-order chi connectivity index (χ1) is 20.8. The summed E-state index contributed by atoms with van der Waals surface area (Å²) in [6.45, 7) is 24.5. The van der Waals surface area contributed by atoms with Crippen LogP contribution in [0.2, 0.25) is 0 Å². The Kier molecular flexibility index (Phi) is 12.6. The van der Waals surface area contributed by atoms with Gasteiger partial charge in [0.1, 0.15) is 11.5 Å². The molecular formula is C40H60O6-2. The standard InChI is InChI=1S/C40H62O6/c1-37(2,3)29-21-25(22-30(33(29)41)38(4,5)6)19-27(35(43)44)17-15-13-14-16-18-28(36(45)46)20-26-23-31(39(7,8)9)34(42)32(24-26)40(10,11)12/h21-24,27-28,41-42H,13-20H2,1-12H3,(H,43,44)(H,45,46)/p-2. The second-order valence-corrected chi connectivity index (χ2v) is 17.5. The van der Waals surface area contributed by atoms with E-state index in [0.29, 0.717) is 38.5 Å². The van der Waals surface area contributed by atoms with Crippen molar-refractivity contribution < 1.29 is 30.0 Å². The summed E-state index contributed by atoms with van der Waals surface area (Å²) in [5.41, 5.74) is 3.82. The van der Waals surface area contributed by atoms with Gasteiger partial charge in [-0.05, 0) is 80.7 Å². The van der Waals surface area contributed by atoms with Crippen LogP contribution < -0.4 is 10.2 Å². The van der Waals surface area contributed by atoms with Gasteiger partial charge in [-0.2, -0.15) is 0 Å². The minimum absolute atomic E-state index is 0.276. The molecular weight excluding hydrogens is 576 g/mol. The average Bonchev–Trinajstić information content (AvgIpc) is 2.87. The van der Waals surface area contributed by atoms with E-state index in [-0.39, 0.29) is 33.2 Å². The van der Waals surface area contributed by atoms with E-state index in [2.05, 4.69) is 0 Å². The van der Waals surface area contributed by atoms with Gasteiger partial charge in [0.2, 0.25) is 0 Å². The minimum atomic E-state index is -1.07. The summed E-state index contributed by atoms with van der Waals surface area (Å²) in [6, 6.07) is 7.74. The van der Waals surface area contributed by atoms with Gasteiger partial charge in [-0.1, -0.05) is 133 Å². The Morgan fingerprint density at radius 3 is 0.957 bits per heavy atom. The number of carbonyl (C=O) groups is 2. The molecule has 0 aliphatic heterocycles. The van der Waals surface area contributed by atoms with Gasteiger partial charge in [0, 0.05) is 23.8 Å². The third kappa shape index (κ3) is 10.8. The number of phenols is 2. The van der Waals surface area contributed by atoms with E-state index < -0.39 is 23.8 Å². The quantitative estimate of drug-likeness (QED) is 0.225. The van der Waals surface area contributed by atoms with E-state index in [4.69, 9.17) is 0 Å². The highest BCUT2D eigenvalue weighted by molar-refractivity contribution is 5.69. The van der Waals surface area contributed by atoms with Crippen molar-refractivity contribution in [2.24, 2.45) is 11.8 Å². The van der Waals surface area contributed by atoms with E-state index in [9.17, 15) is 30.0 Å². The molecule has 0 saturated heterocycles. The molecule has 0 saturated carbocycles. The molecule has 0 amide bonds. The normalized spacial score (nSPS) is 14.3. The number of unbranched alkanes of at least 4 members (excludes halogenated alkanes) is 3. The first-order valence-electron chi connectivity index (χ1n) is 17.0. The van der Waals surface area contributed by atoms with Crippen LogP contribution in [0.5, 0.6) is 11.5 Å². The lowest BCUT2D eigenvalue weighted by Gasteiger charge is -2.29. The highest BCUT2D eigenvalue weighted by Gasteiger charge is 2.29. The lowest BCUT2D eigenvalue weighted by Crippen LogP contribution is -2.33. The number of hydrogen-bond donors (Lipinski definition) is 2. The molecule has 6 nitrogen and oxygen atoms in total. The maximum absolute atomic E-state index is 12.1. The lowest BCUT2D eigenvalue weighted by molar-refractivity contribution is -0.313. The van der Waals surface area contributed by atoms with Crippen LogP contribution in [0.1, 0.15) is 155 Å². The molecule has 0 heterocycles. The number of aliphatic carboxylic acids is 2. The highest BCUT2D eigenvalue weighted by Crippen LogP contribution is 2.42. The Bertz CT molecular complexity index is 1180. The van der Waals surface area contributed by atoms with E-state index >= 15 is 0 Å². The largest absolute Gasteiger partial charge is 0.550 e. The second-order valence-electron chi connectivity index (χ2n) is 17.5. The maximum Gasteiger partial charge on any atom is 0.123 e. The molecule has 2 aromatic rings. The minimum Gasteiger partial charge on any atom is -0.550 e. The first-order valence-corrected chi connectivity index (χ1v) is 17.0. The second kappa shape index (κ2) is 14.8. The van der Waals surface area contributed by atoms with E-state index in [1.54, 1.807) is 0 Å². The summed E-state index contributed by atoms with van der Waals surface area (Å²) < 4.78 is 0. The fourth-order valence-electron chi connectivity index (χ4n) is 6.22. The molecule has 2 N–H and O–H groups in total. The van der Waals surface area contributed by atoms with Crippen LogP contribution in [0.4, 0.5) is 0 Å². The van der Waals surface area contributed by atoms with Gasteiger partial charge in [0.15, 0.2) is 0 Å². The molecule has 0 aliphatic rings. The van der Waals surface area contributed by atoms with Crippen molar-refractivity contribution in [3.63, 3.8) is 0 Å². The van der Waals surface area contributed by atoms with Crippen molar-refractivity contribution in [1.29, 1.82) is 0 Å². The van der Waals surface area contributed by atoms with Crippen LogP contribution in [0, 0.1) is 11.8 Å². The highest BCUT2D eigenvalue weighted by atomic mass is 16.4. The number of phenolic OH excluding ortho intramolecular Hbond substituents is 2. The zero-order chi connectivity index (χ0) is 35.4. The molecule has 258 valence electrons. The van der Waals surface area contributed by atoms with Crippen molar-refractivity contribution in [1.82, 2.24) is 0 Å². The third-order valence-electron chi connectivity index (χ3n) is 9.06. The van der Waals surface area contributed by atoms with Crippen molar-refractivity contribution in [2.75, 3.05) is 0 Å². The van der Waals surface area contributed by atoms with E-state index in [1.807, 2.05) is 107 Å². The third-order valence-corrected chi connectivity index (χ3v) is 9.06. The Morgan fingerprint density at radius 2 is 0.761 bits per heavy atom. The van der Waals surface area contributed by atoms with Crippen LogP contribution in [-0.4, -0.2) is 22.2 Å². The van der Waals surface area contributed by atoms with Gasteiger partial charge in [0.05, 0.1) is 0 Å². The molecule has 0 aliphatic carbocycles. The van der Waals surface area contributed by atoms with E-state index in [0.717, 1.165) is 46.2 Å². The molecule has 2 aromatic carbocycles. The van der Waals surface area contributed by atoms with Gasteiger partial charge in [0.25, 0.3) is 0 Å². The monoisotopic (exact) mass is 636 g/mol. The number of aromatic hydroxyl groups is 2. The fourth-order valence-corrected chi connectivity index (χ4v) is 6.22. The fraction of sp³-hybridized carbons (Fsp3) is 0.650. The van der Waals surface area contributed by atoms with Crippen molar-refractivity contribution in [2.45, 2.75) is 156 Å². The SMILES string of the molecule is CC(C)(C)c1cc(CC(CCCCCCC(Cc2cc(C(C)(C)C)c(O)c(C(C)(C)C)c2)C(=O)[O-])C(=O)[O-])cc(C(C)(C)C)c1O. The van der Waals surface area contributed by atoms with Crippen molar-refractivity contribution >= 4 is 11.9 Å². The number of benzene rings is 2. The Labute approximate surface area is 278 Å². The summed E-state index contributed by atoms with van der Waals surface area (Å²) in [5, 5.41) is 46.3. The predicted octanol–water partition coefficient (Wildman–Crippen LogP) is 7.15.